The number of hydrogen-bond donors (Lipinski definition) is 0. The fraction of sp³-hybridized carbons (Fsp3) is 0.100. The van der Waals surface area contributed by atoms with Crippen molar-refractivity contribution in [1.82, 2.24) is 4.98 Å². The molecule has 0 saturated heterocycles. The van der Waals surface area contributed by atoms with Crippen LogP contribution in [0.25, 0.3) is 10.4 Å². The highest BCUT2D eigenvalue weighted by Crippen LogP contribution is 2.35. The van der Waals surface area contributed by atoms with Gasteiger partial charge in [-0.25, -0.2) is 0 Å². The van der Waals surface area contributed by atoms with E-state index in [0.29, 0.717) is 5.56 Å². The van der Waals surface area contributed by atoms with Crippen LogP contribution in [0.3, 0.4) is 0 Å². The number of halogens is 3. The molecule has 1 aromatic heterocycles. The lowest BCUT2D eigenvalue weighted by Gasteiger charge is -2.06. The first-order chi connectivity index (χ1) is 8.39. The standard InChI is InChI=1S/C10H5F3N2O2S/c11-10(12,13)7-3-1-6(2-4-7)8-9(15(16)17)14-5-18-8/h1-5H. The number of hydrogen-bond acceptors (Lipinski definition) is 4. The van der Waals surface area contributed by atoms with Crippen molar-refractivity contribution in [2.75, 3.05) is 0 Å². The molecule has 0 atom stereocenters. The maximum Gasteiger partial charge on any atom is 0.416 e. The minimum atomic E-state index is -4.42. The normalized spacial score (nSPS) is 11.5. The van der Waals surface area contributed by atoms with E-state index in [1.165, 1.54) is 17.6 Å². The van der Waals surface area contributed by atoms with Crippen molar-refractivity contribution in [1.29, 1.82) is 0 Å². The van der Waals surface area contributed by atoms with Crippen LogP contribution in [0.15, 0.2) is 29.8 Å². The largest absolute Gasteiger partial charge is 0.416 e. The fourth-order valence-corrected chi connectivity index (χ4v) is 2.14. The van der Waals surface area contributed by atoms with Crippen LogP contribution in [0.4, 0.5) is 19.0 Å². The van der Waals surface area contributed by atoms with E-state index >= 15 is 0 Å². The summed E-state index contributed by atoms with van der Waals surface area (Å²) in [5.41, 5.74) is 0.834. The van der Waals surface area contributed by atoms with E-state index in [1.54, 1.807) is 0 Å². The molecule has 0 spiro atoms. The summed E-state index contributed by atoms with van der Waals surface area (Å²) in [6.45, 7) is 0. The molecule has 4 nitrogen and oxygen atoms in total. The smallest absolute Gasteiger partial charge is 0.358 e. The third kappa shape index (κ3) is 2.33. The van der Waals surface area contributed by atoms with Crippen LogP contribution in [0.1, 0.15) is 5.56 Å². The van der Waals surface area contributed by atoms with Crippen molar-refractivity contribution in [2.24, 2.45) is 0 Å². The molecule has 0 saturated carbocycles. The Balaban J connectivity index is 2.41. The van der Waals surface area contributed by atoms with Crippen LogP contribution in [0, 0.1) is 10.1 Å². The molecule has 0 radical (unpaired) electrons. The summed E-state index contributed by atoms with van der Waals surface area (Å²) in [7, 11) is 0. The molecule has 94 valence electrons. The first-order valence-electron chi connectivity index (χ1n) is 4.65. The molecule has 0 bridgehead atoms. The SMILES string of the molecule is O=[N+]([O-])c1ncsc1-c1ccc(C(F)(F)F)cc1. The molecule has 2 rings (SSSR count). The number of alkyl halides is 3. The zero-order chi connectivity index (χ0) is 13.3. The number of benzene rings is 1. The summed E-state index contributed by atoms with van der Waals surface area (Å²) in [6.07, 6.45) is -4.42. The second-order valence-corrected chi connectivity index (χ2v) is 4.19. The van der Waals surface area contributed by atoms with Gasteiger partial charge in [-0.1, -0.05) is 23.5 Å². The highest BCUT2D eigenvalue weighted by atomic mass is 32.1. The van der Waals surface area contributed by atoms with Gasteiger partial charge in [0.1, 0.15) is 4.88 Å². The number of aromatic nitrogens is 1. The topological polar surface area (TPSA) is 56.0 Å². The van der Waals surface area contributed by atoms with Crippen LogP contribution in [-0.2, 0) is 6.18 Å². The Labute approximate surface area is 103 Å². The van der Waals surface area contributed by atoms with Gasteiger partial charge in [-0.3, -0.25) is 0 Å². The highest BCUT2D eigenvalue weighted by molar-refractivity contribution is 7.13. The molecule has 18 heavy (non-hydrogen) atoms. The number of nitrogens with zero attached hydrogens (tertiary/aromatic N) is 2. The van der Waals surface area contributed by atoms with Gasteiger partial charge in [-0.05, 0) is 22.0 Å². The summed E-state index contributed by atoms with van der Waals surface area (Å²) >= 11 is 1.01. The van der Waals surface area contributed by atoms with Crippen LogP contribution < -0.4 is 0 Å². The van der Waals surface area contributed by atoms with Crippen molar-refractivity contribution in [3.63, 3.8) is 0 Å². The van der Waals surface area contributed by atoms with Gasteiger partial charge in [0.15, 0.2) is 5.51 Å². The van der Waals surface area contributed by atoms with E-state index < -0.39 is 16.7 Å². The Morgan fingerprint density at radius 3 is 2.33 bits per heavy atom. The van der Waals surface area contributed by atoms with Gasteiger partial charge in [0.25, 0.3) is 0 Å². The average Bonchev–Trinajstić information content (AvgIpc) is 2.77. The van der Waals surface area contributed by atoms with Crippen molar-refractivity contribution >= 4 is 17.2 Å². The van der Waals surface area contributed by atoms with E-state index in [-0.39, 0.29) is 10.7 Å². The lowest BCUT2D eigenvalue weighted by molar-refractivity contribution is -0.388. The zero-order valence-electron chi connectivity index (χ0n) is 8.64. The van der Waals surface area contributed by atoms with Gasteiger partial charge in [0.05, 0.1) is 5.56 Å². The Morgan fingerprint density at radius 2 is 1.83 bits per heavy atom. The van der Waals surface area contributed by atoms with Gasteiger partial charge >= 0.3 is 12.0 Å². The molecule has 1 aromatic carbocycles. The molecule has 8 heteroatoms. The second-order valence-electron chi connectivity index (χ2n) is 3.34. The van der Waals surface area contributed by atoms with Gasteiger partial charge in [-0.2, -0.15) is 13.2 Å². The predicted molar refractivity (Wildman–Crippen MR) is 59.2 cm³/mol. The minimum absolute atomic E-state index is 0.244. The fourth-order valence-electron chi connectivity index (χ4n) is 1.38. The maximum atomic E-state index is 12.4. The molecular formula is C10H5F3N2O2S. The molecular weight excluding hydrogens is 269 g/mol. The summed E-state index contributed by atoms with van der Waals surface area (Å²) < 4.78 is 37.1. The van der Waals surface area contributed by atoms with Crippen LogP contribution >= 0.6 is 11.3 Å². The second kappa shape index (κ2) is 4.37. The minimum Gasteiger partial charge on any atom is -0.358 e. The van der Waals surface area contributed by atoms with Gasteiger partial charge < -0.3 is 10.1 Å². The molecule has 0 aliphatic rings. The monoisotopic (exact) mass is 274 g/mol. The van der Waals surface area contributed by atoms with E-state index in [4.69, 9.17) is 0 Å². The predicted octanol–water partition coefficient (Wildman–Crippen LogP) is 3.74. The molecule has 0 unspecified atom stereocenters. The lowest BCUT2D eigenvalue weighted by atomic mass is 10.1. The number of rotatable bonds is 2. The molecule has 0 fully saturated rings. The molecule has 2 aromatic rings. The Morgan fingerprint density at radius 1 is 1.22 bits per heavy atom. The first-order valence-corrected chi connectivity index (χ1v) is 5.53. The molecule has 0 aliphatic heterocycles. The molecule has 0 N–H and O–H groups in total. The summed E-state index contributed by atoms with van der Waals surface area (Å²) in [5.74, 6) is -0.347. The number of thiazole rings is 1. The Hall–Kier alpha value is -1.96. The van der Waals surface area contributed by atoms with Crippen molar-refractivity contribution in [3.05, 3.63) is 45.5 Å². The maximum absolute atomic E-state index is 12.4. The summed E-state index contributed by atoms with van der Waals surface area (Å²) in [6, 6.07) is 4.17. The third-order valence-electron chi connectivity index (χ3n) is 2.20. The summed E-state index contributed by atoms with van der Waals surface area (Å²) in [4.78, 5) is 13.8. The Bertz CT molecular complexity index is 578. The van der Waals surface area contributed by atoms with Crippen molar-refractivity contribution in [2.45, 2.75) is 6.18 Å². The average molecular weight is 274 g/mol. The van der Waals surface area contributed by atoms with Crippen LogP contribution in [-0.4, -0.2) is 9.91 Å². The molecule has 1 heterocycles. The van der Waals surface area contributed by atoms with Crippen LogP contribution in [0.2, 0.25) is 0 Å². The molecule has 0 amide bonds. The zero-order valence-corrected chi connectivity index (χ0v) is 9.46. The van der Waals surface area contributed by atoms with E-state index in [2.05, 4.69) is 4.98 Å². The summed E-state index contributed by atoms with van der Waals surface area (Å²) in [5, 5.41) is 10.7. The van der Waals surface area contributed by atoms with Gasteiger partial charge in [0, 0.05) is 5.56 Å². The third-order valence-corrected chi connectivity index (χ3v) is 3.06. The Kier molecular flexibility index (Phi) is 3.04. The van der Waals surface area contributed by atoms with Crippen molar-refractivity contribution in [3.8, 4) is 10.4 Å². The quantitative estimate of drug-likeness (QED) is 0.619. The van der Waals surface area contributed by atoms with Crippen LogP contribution in [0.5, 0.6) is 0 Å². The number of nitro groups is 1. The lowest BCUT2D eigenvalue weighted by Crippen LogP contribution is -2.04. The van der Waals surface area contributed by atoms with Gasteiger partial charge in [-0.15, -0.1) is 0 Å². The van der Waals surface area contributed by atoms with E-state index in [9.17, 15) is 23.3 Å². The first kappa shape index (κ1) is 12.5. The highest BCUT2D eigenvalue weighted by Gasteiger charge is 2.30. The molecule has 0 aliphatic carbocycles. The van der Waals surface area contributed by atoms with E-state index in [1.807, 2.05) is 0 Å². The van der Waals surface area contributed by atoms with Gasteiger partial charge in [0.2, 0.25) is 0 Å². The van der Waals surface area contributed by atoms with Crippen molar-refractivity contribution < 1.29 is 18.1 Å². The van der Waals surface area contributed by atoms with E-state index in [0.717, 1.165) is 23.5 Å².